The van der Waals surface area contributed by atoms with Crippen molar-refractivity contribution in [1.82, 2.24) is 15.5 Å². The number of rotatable bonds is 7. The van der Waals surface area contributed by atoms with Gasteiger partial charge in [-0.25, -0.2) is 0 Å². The van der Waals surface area contributed by atoms with E-state index in [2.05, 4.69) is 39.8 Å². The van der Waals surface area contributed by atoms with Crippen molar-refractivity contribution < 1.29 is 27.5 Å². The van der Waals surface area contributed by atoms with Crippen molar-refractivity contribution in [3.8, 4) is 5.75 Å². The second-order valence-corrected chi connectivity index (χ2v) is 9.60. The van der Waals surface area contributed by atoms with Crippen LogP contribution in [0.3, 0.4) is 0 Å². The number of carbonyl (C=O) groups excluding carboxylic acids is 2. The summed E-state index contributed by atoms with van der Waals surface area (Å²) >= 11 is 0. The maximum atomic E-state index is 13.0. The SMILES string of the molecule is COc1ccc(C(F)(F)F)cc1C(=O)NCC(=O)NC1CN(C2CCC(C3C=CC=CC3)CC2)C1. The Labute approximate surface area is 203 Å². The number of benzene rings is 1. The van der Waals surface area contributed by atoms with Crippen molar-refractivity contribution in [2.75, 3.05) is 26.7 Å². The second kappa shape index (κ2) is 10.8. The van der Waals surface area contributed by atoms with Gasteiger partial charge in [0.25, 0.3) is 5.91 Å². The summed E-state index contributed by atoms with van der Waals surface area (Å²) in [5, 5.41) is 5.29. The Morgan fingerprint density at radius 1 is 1.11 bits per heavy atom. The lowest BCUT2D eigenvalue weighted by atomic mass is 9.75. The van der Waals surface area contributed by atoms with Gasteiger partial charge >= 0.3 is 6.18 Å². The summed E-state index contributed by atoms with van der Waals surface area (Å²) < 4.78 is 44.0. The van der Waals surface area contributed by atoms with E-state index in [1.807, 2.05) is 0 Å². The maximum absolute atomic E-state index is 13.0. The Hall–Kier alpha value is -2.81. The number of carbonyl (C=O) groups is 2. The zero-order valence-electron chi connectivity index (χ0n) is 19.8. The van der Waals surface area contributed by atoms with E-state index in [1.54, 1.807) is 0 Å². The Balaban J connectivity index is 1.18. The van der Waals surface area contributed by atoms with Crippen LogP contribution in [0.5, 0.6) is 5.75 Å². The molecule has 1 unspecified atom stereocenters. The predicted molar refractivity (Wildman–Crippen MR) is 126 cm³/mol. The number of allylic oxidation sites excluding steroid dienone is 4. The first-order valence-electron chi connectivity index (χ1n) is 12.1. The Bertz CT molecular complexity index is 978. The molecule has 190 valence electrons. The molecule has 2 aliphatic carbocycles. The molecule has 1 saturated carbocycles. The molecular formula is C26H32F3N3O3. The second-order valence-electron chi connectivity index (χ2n) is 9.60. The van der Waals surface area contributed by atoms with E-state index in [0.29, 0.717) is 12.0 Å². The number of amides is 2. The molecule has 1 aliphatic heterocycles. The summed E-state index contributed by atoms with van der Waals surface area (Å²) in [6, 6.07) is 3.24. The van der Waals surface area contributed by atoms with Crippen LogP contribution in [0.15, 0.2) is 42.5 Å². The molecule has 2 amide bonds. The highest BCUT2D eigenvalue weighted by Crippen LogP contribution is 2.37. The molecule has 1 aromatic rings. The Kier molecular flexibility index (Phi) is 7.84. The van der Waals surface area contributed by atoms with Crippen molar-refractivity contribution in [2.24, 2.45) is 11.8 Å². The van der Waals surface area contributed by atoms with Gasteiger partial charge < -0.3 is 15.4 Å². The van der Waals surface area contributed by atoms with Crippen LogP contribution >= 0.6 is 0 Å². The van der Waals surface area contributed by atoms with Crippen LogP contribution < -0.4 is 15.4 Å². The van der Waals surface area contributed by atoms with E-state index < -0.39 is 17.6 Å². The summed E-state index contributed by atoms with van der Waals surface area (Å²) in [7, 11) is 1.27. The molecule has 1 aromatic carbocycles. The minimum Gasteiger partial charge on any atom is -0.496 e. The smallest absolute Gasteiger partial charge is 0.416 e. The van der Waals surface area contributed by atoms with E-state index in [-0.39, 0.29) is 29.8 Å². The van der Waals surface area contributed by atoms with Gasteiger partial charge in [0.15, 0.2) is 0 Å². The Morgan fingerprint density at radius 3 is 2.49 bits per heavy atom. The van der Waals surface area contributed by atoms with E-state index in [9.17, 15) is 22.8 Å². The molecular weight excluding hydrogens is 459 g/mol. The fraction of sp³-hybridized carbons (Fsp3) is 0.538. The van der Waals surface area contributed by atoms with Gasteiger partial charge in [-0.1, -0.05) is 24.3 Å². The third kappa shape index (κ3) is 6.25. The highest BCUT2D eigenvalue weighted by atomic mass is 19.4. The molecule has 1 saturated heterocycles. The molecule has 0 aromatic heterocycles. The highest BCUT2D eigenvalue weighted by molar-refractivity contribution is 5.99. The molecule has 6 nitrogen and oxygen atoms in total. The third-order valence-electron chi connectivity index (χ3n) is 7.33. The molecule has 3 aliphatic rings. The van der Waals surface area contributed by atoms with E-state index in [0.717, 1.165) is 43.6 Å². The summed E-state index contributed by atoms with van der Waals surface area (Å²) in [4.78, 5) is 27.1. The van der Waals surface area contributed by atoms with Crippen molar-refractivity contribution in [3.63, 3.8) is 0 Å². The van der Waals surface area contributed by atoms with Crippen LogP contribution in [-0.4, -0.2) is 55.5 Å². The normalized spacial score (nSPS) is 25.1. The quantitative estimate of drug-likeness (QED) is 0.606. The lowest BCUT2D eigenvalue weighted by Crippen LogP contribution is -2.63. The van der Waals surface area contributed by atoms with Crippen LogP contribution in [0.1, 0.15) is 48.0 Å². The lowest BCUT2D eigenvalue weighted by Gasteiger charge is -2.47. The zero-order chi connectivity index (χ0) is 25.0. The number of nitrogens with zero attached hydrogens (tertiary/aromatic N) is 1. The first-order chi connectivity index (χ1) is 16.7. The number of ether oxygens (including phenoxy) is 1. The van der Waals surface area contributed by atoms with Crippen LogP contribution in [0.2, 0.25) is 0 Å². The monoisotopic (exact) mass is 491 g/mol. The first-order valence-corrected chi connectivity index (χ1v) is 12.1. The zero-order valence-corrected chi connectivity index (χ0v) is 19.8. The standard InChI is InChI=1S/C26H32F3N3O3/c1-35-23-12-9-19(26(27,28)29)13-22(23)25(34)30-14-24(33)31-20-15-32(16-20)21-10-7-18(8-11-21)17-5-3-2-4-6-17/h2-5,9,12-13,17-18,20-21H,6-8,10-11,14-16H2,1H3,(H,30,34)(H,31,33). The number of alkyl halides is 3. The molecule has 1 heterocycles. The number of hydrogen-bond donors (Lipinski definition) is 2. The van der Waals surface area contributed by atoms with E-state index >= 15 is 0 Å². The van der Waals surface area contributed by atoms with Gasteiger partial charge in [-0.15, -0.1) is 0 Å². The van der Waals surface area contributed by atoms with Gasteiger partial charge in [-0.3, -0.25) is 14.5 Å². The minimum atomic E-state index is -4.59. The molecule has 35 heavy (non-hydrogen) atoms. The average molecular weight is 492 g/mol. The fourth-order valence-electron chi connectivity index (χ4n) is 5.34. The number of halogens is 3. The molecule has 1 atom stereocenters. The highest BCUT2D eigenvalue weighted by Gasteiger charge is 2.36. The number of hydrogen-bond acceptors (Lipinski definition) is 4. The molecule has 9 heteroatoms. The lowest BCUT2D eigenvalue weighted by molar-refractivity contribution is -0.137. The van der Waals surface area contributed by atoms with Gasteiger partial charge in [0.05, 0.1) is 30.8 Å². The summed E-state index contributed by atoms with van der Waals surface area (Å²) in [6.07, 6.45) is 10.2. The van der Waals surface area contributed by atoms with Crippen molar-refractivity contribution in [1.29, 1.82) is 0 Å². The van der Waals surface area contributed by atoms with E-state index in [4.69, 9.17) is 4.74 Å². The number of likely N-dealkylation sites (tertiary alicyclic amines) is 1. The predicted octanol–water partition coefficient (Wildman–Crippen LogP) is 3.94. The van der Waals surface area contributed by atoms with Gasteiger partial charge in [0.1, 0.15) is 5.75 Å². The van der Waals surface area contributed by atoms with Crippen molar-refractivity contribution in [2.45, 2.75) is 50.4 Å². The largest absolute Gasteiger partial charge is 0.496 e. The average Bonchev–Trinajstić information content (AvgIpc) is 2.84. The van der Waals surface area contributed by atoms with Crippen LogP contribution in [0.25, 0.3) is 0 Å². The molecule has 0 spiro atoms. The van der Waals surface area contributed by atoms with Crippen molar-refractivity contribution >= 4 is 11.8 Å². The first kappa shape index (κ1) is 25.3. The van der Waals surface area contributed by atoms with Gasteiger partial charge in [0, 0.05) is 19.1 Å². The van der Waals surface area contributed by atoms with Crippen LogP contribution in [0.4, 0.5) is 13.2 Å². The summed E-state index contributed by atoms with van der Waals surface area (Å²) in [5.41, 5.74) is -1.22. The maximum Gasteiger partial charge on any atom is 0.416 e. The molecule has 0 radical (unpaired) electrons. The minimum absolute atomic E-state index is 0.0104. The van der Waals surface area contributed by atoms with Gasteiger partial charge in [-0.2, -0.15) is 13.2 Å². The fourth-order valence-corrected chi connectivity index (χ4v) is 5.34. The topological polar surface area (TPSA) is 70.7 Å². The molecule has 0 bridgehead atoms. The molecule has 2 N–H and O–H groups in total. The number of nitrogens with one attached hydrogen (secondary N) is 2. The van der Waals surface area contributed by atoms with Crippen LogP contribution in [0, 0.1) is 11.8 Å². The van der Waals surface area contributed by atoms with Crippen LogP contribution in [-0.2, 0) is 11.0 Å². The van der Waals surface area contributed by atoms with Gasteiger partial charge in [-0.05, 0) is 62.1 Å². The molecule has 4 rings (SSSR count). The summed E-state index contributed by atoms with van der Waals surface area (Å²) in [5.74, 6) is 0.267. The molecule has 2 fully saturated rings. The van der Waals surface area contributed by atoms with Crippen molar-refractivity contribution in [3.05, 3.63) is 53.6 Å². The summed E-state index contributed by atoms with van der Waals surface area (Å²) in [6.45, 7) is 1.24. The number of methoxy groups -OCH3 is 1. The Morgan fingerprint density at radius 2 is 1.86 bits per heavy atom. The van der Waals surface area contributed by atoms with E-state index in [1.165, 1.54) is 32.8 Å². The third-order valence-corrected chi connectivity index (χ3v) is 7.33. The van der Waals surface area contributed by atoms with Gasteiger partial charge in [0.2, 0.25) is 5.91 Å².